The van der Waals surface area contributed by atoms with E-state index in [2.05, 4.69) is 32.9 Å². The van der Waals surface area contributed by atoms with Gasteiger partial charge in [0.2, 0.25) is 0 Å². The molecule has 6 nitrogen and oxygen atoms in total. The van der Waals surface area contributed by atoms with E-state index in [0.717, 1.165) is 36.8 Å². The highest BCUT2D eigenvalue weighted by molar-refractivity contribution is 7.52. The van der Waals surface area contributed by atoms with Crippen molar-refractivity contribution in [2.45, 2.75) is 79.3 Å². The zero-order chi connectivity index (χ0) is 22.3. The molecule has 8 heteroatoms. The van der Waals surface area contributed by atoms with Crippen molar-refractivity contribution in [1.29, 1.82) is 0 Å². The van der Waals surface area contributed by atoms with E-state index < -0.39 is 21.5 Å². The van der Waals surface area contributed by atoms with Gasteiger partial charge in [-0.25, -0.2) is 0 Å². The SMILES string of the molecule is CC(C)=CCCC(C)=CCCC(C)=CC(CC=C(C)C)P(=O)(O)O.O=[P+](O)O. The van der Waals surface area contributed by atoms with Crippen molar-refractivity contribution >= 4 is 15.9 Å². The maximum atomic E-state index is 11.6. The van der Waals surface area contributed by atoms with Crippen molar-refractivity contribution in [1.82, 2.24) is 0 Å². The molecule has 0 bridgehead atoms. The molecule has 0 radical (unpaired) electrons. The average Bonchev–Trinajstić information content (AvgIpc) is 2.49. The van der Waals surface area contributed by atoms with E-state index in [1.807, 2.05) is 26.8 Å². The summed E-state index contributed by atoms with van der Waals surface area (Å²) >= 11 is 0. The zero-order valence-corrected chi connectivity index (χ0v) is 19.7. The van der Waals surface area contributed by atoms with Gasteiger partial charge in [0, 0.05) is 4.57 Å². The van der Waals surface area contributed by atoms with E-state index in [-0.39, 0.29) is 0 Å². The predicted octanol–water partition coefficient (Wildman–Crippen LogP) is 5.94. The molecule has 0 fully saturated rings. The van der Waals surface area contributed by atoms with Gasteiger partial charge in [-0.1, -0.05) is 46.6 Å². The highest BCUT2D eigenvalue weighted by Gasteiger charge is 2.25. The fourth-order valence-corrected chi connectivity index (χ4v) is 3.14. The minimum absolute atomic E-state index is 0.390. The molecule has 1 atom stereocenters. The van der Waals surface area contributed by atoms with Gasteiger partial charge in [0.25, 0.3) is 0 Å². The van der Waals surface area contributed by atoms with E-state index in [1.165, 1.54) is 11.1 Å². The molecule has 0 aromatic carbocycles. The Kier molecular flexibility index (Phi) is 16.7. The summed E-state index contributed by atoms with van der Waals surface area (Å²) in [5, 5.41) is 0. The maximum Gasteiger partial charge on any atom is 0.692 e. The Morgan fingerprint density at radius 2 is 1.29 bits per heavy atom. The van der Waals surface area contributed by atoms with Gasteiger partial charge in [-0.05, 0) is 73.6 Å². The van der Waals surface area contributed by atoms with Crippen molar-refractivity contribution in [2.24, 2.45) is 0 Å². The van der Waals surface area contributed by atoms with Gasteiger partial charge in [0.05, 0.1) is 5.66 Å². The van der Waals surface area contributed by atoms with E-state index >= 15 is 0 Å². The van der Waals surface area contributed by atoms with Crippen molar-refractivity contribution < 1.29 is 28.7 Å². The minimum Gasteiger partial charge on any atom is -0.324 e. The van der Waals surface area contributed by atoms with Gasteiger partial charge in [-0.2, -0.15) is 0 Å². The van der Waals surface area contributed by atoms with Crippen LogP contribution in [0.15, 0.2) is 46.6 Å². The highest BCUT2D eigenvalue weighted by atomic mass is 31.2. The second-order valence-electron chi connectivity index (χ2n) is 7.35. The van der Waals surface area contributed by atoms with Crippen LogP contribution in [-0.4, -0.2) is 25.2 Å². The van der Waals surface area contributed by atoms with E-state index in [4.69, 9.17) is 14.4 Å². The fraction of sp³-hybridized carbons (Fsp3) is 0.600. The molecule has 0 aromatic heterocycles. The standard InChI is InChI=1S/C20H35O3P.HO3P/c1-16(2)9-7-10-18(5)11-8-12-19(6)15-20(24(21,22)23)14-13-17(3)4;1-4(2)3/h9,11,13,15,20H,7-8,10,12,14H2,1-6H3,(H2,21,22,23);(H-,1,2,3)/p+1. The van der Waals surface area contributed by atoms with Gasteiger partial charge >= 0.3 is 15.9 Å². The molecular formula is C20H37O6P2+. The number of hydrogen-bond acceptors (Lipinski definition) is 2. The van der Waals surface area contributed by atoms with Crippen LogP contribution in [0, 0.1) is 0 Å². The fourth-order valence-electron chi connectivity index (χ4n) is 2.31. The molecule has 0 amide bonds. The Balaban J connectivity index is 0. The Bertz CT molecular complexity index is 629. The van der Waals surface area contributed by atoms with Crippen LogP contribution in [0.1, 0.15) is 73.6 Å². The van der Waals surface area contributed by atoms with Crippen molar-refractivity contribution in [2.75, 3.05) is 0 Å². The van der Waals surface area contributed by atoms with Crippen LogP contribution in [0.5, 0.6) is 0 Å². The van der Waals surface area contributed by atoms with Crippen LogP contribution in [0.25, 0.3) is 0 Å². The van der Waals surface area contributed by atoms with Crippen molar-refractivity contribution in [3.05, 3.63) is 46.6 Å². The molecule has 0 aliphatic heterocycles. The zero-order valence-electron chi connectivity index (χ0n) is 17.9. The first kappa shape index (κ1) is 29.3. The van der Waals surface area contributed by atoms with Crippen LogP contribution >= 0.6 is 15.9 Å². The third kappa shape index (κ3) is 21.4. The third-order valence-corrected chi connectivity index (χ3v) is 5.02. The molecule has 0 heterocycles. The topological polar surface area (TPSA) is 115 Å². The maximum absolute atomic E-state index is 11.6. The van der Waals surface area contributed by atoms with Crippen LogP contribution in [0.2, 0.25) is 0 Å². The normalized spacial score (nSPS) is 13.2. The Hall–Kier alpha value is -0.870. The first-order chi connectivity index (χ1) is 12.8. The molecule has 0 saturated carbocycles. The summed E-state index contributed by atoms with van der Waals surface area (Å²) in [5.74, 6) is 0. The number of hydrogen-bond donors (Lipinski definition) is 4. The Labute approximate surface area is 170 Å². The highest BCUT2D eigenvalue weighted by Crippen LogP contribution is 2.44. The van der Waals surface area contributed by atoms with Crippen LogP contribution in [0.3, 0.4) is 0 Å². The summed E-state index contributed by atoms with van der Waals surface area (Å²) in [5.41, 5.74) is 4.13. The molecule has 28 heavy (non-hydrogen) atoms. The molecule has 0 aromatic rings. The molecule has 4 N–H and O–H groups in total. The summed E-state index contributed by atoms with van der Waals surface area (Å²) in [6, 6.07) is 0. The monoisotopic (exact) mass is 435 g/mol. The van der Waals surface area contributed by atoms with Gasteiger partial charge < -0.3 is 9.79 Å². The van der Waals surface area contributed by atoms with Crippen LogP contribution in [-0.2, 0) is 9.13 Å². The lowest BCUT2D eigenvalue weighted by Gasteiger charge is -2.14. The number of rotatable bonds is 10. The lowest BCUT2D eigenvalue weighted by molar-refractivity contribution is 0.364. The summed E-state index contributed by atoms with van der Waals surface area (Å²) < 4.78 is 20.3. The van der Waals surface area contributed by atoms with Crippen molar-refractivity contribution in [3.63, 3.8) is 0 Å². The molecule has 0 rings (SSSR count). The third-order valence-electron chi connectivity index (χ3n) is 3.80. The number of allylic oxidation sites excluding steroid dienone is 8. The largest absolute Gasteiger partial charge is 0.692 e. The van der Waals surface area contributed by atoms with Crippen LogP contribution in [0.4, 0.5) is 0 Å². The van der Waals surface area contributed by atoms with Crippen LogP contribution < -0.4 is 0 Å². The van der Waals surface area contributed by atoms with Gasteiger partial charge in [-0.3, -0.25) is 4.57 Å². The first-order valence-electron chi connectivity index (χ1n) is 9.25. The predicted molar refractivity (Wildman–Crippen MR) is 117 cm³/mol. The lowest BCUT2D eigenvalue weighted by Crippen LogP contribution is -2.05. The molecule has 162 valence electrons. The Morgan fingerprint density at radius 3 is 1.71 bits per heavy atom. The summed E-state index contributed by atoms with van der Waals surface area (Å²) in [6.45, 7) is 12.2. The second kappa shape index (κ2) is 16.0. The molecule has 0 aliphatic rings. The van der Waals surface area contributed by atoms with E-state index in [0.29, 0.717) is 6.42 Å². The van der Waals surface area contributed by atoms with E-state index in [9.17, 15) is 14.4 Å². The first-order valence-corrected chi connectivity index (χ1v) is 12.1. The summed E-state index contributed by atoms with van der Waals surface area (Å²) in [4.78, 5) is 33.3. The lowest BCUT2D eigenvalue weighted by atomic mass is 10.1. The smallest absolute Gasteiger partial charge is 0.324 e. The molecule has 0 saturated heterocycles. The molecule has 1 unspecified atom stereocenters. The molecule has 0 spiro atoms. The minimum atomic E-state index is -4.10. The van der Waals surface area contributed by atoms with Gasteiger partial charge in [-0.15, -0.1) is 9.79 Å². The van der Waals surface area contributed by atoms with Gasteiger partial charge in [0.1, 0.15) is 0 Å². The summed E-state index contributed by atoms with van der Waals surface area (Å²) in [6.07, 6.45) is 12.4. The van der Waals surface area contributed by atoms with Gasteiger partial charge in [0.15, 0.2) is 0 Å². The molecular weight excluding hydrogens is 398 g/mol. The molecule has 0 aliphatic carbocycles. The quantitative estimate of drug-likeness (QED) is 0.249. The average molecular weight is 435 g/mol. The summed E-state index contributed by atoms with van der Waals surface area (Å²) in [7, 11) is -6.97. The second-order valence-corrected chi connectivity index (χ2v) is 9.70. The van der Waals surface area contributed by atoms with E-state index in [1.54, 1.807) is 6.08 Å². The van der Waals surface area contributed by atoms with Crippen molar-refractivity contribution in [3.8, 4) is 0 Å². The Morgan fingerprint density at radius 1 is 0.857 bits per heavy atom.